The number of nitrogens with one attached hydrogen (secondary N) is 2. The van der Waals surface area contributed by atoms with Crippen LogP contribution in [-0.4, -0.2) is 46.7 Å². The third kappa shape index (κ3) is 1.96. The van der Waals surface area contributed by atoms with Crippen molar-refractivity contribution in [2.45, 2.75) is 63.0 Å². The van der Waals surface area contributed by atoms with Gasteiger partial charge in [-0.1, -0.05) is 0 Å². The zero-order chi connectivity index (χ0) is 16.8. The molecule has 128 valence electrons. The lowest BCUT2D eigenvalue weighted by molar-refractivity contribution is -0.178. The van der Waals surface area contributed by atoms with Crippen molar-refractivity contribution < 1.29 is 22.8 Å². The number of halogens is 3. The van der Waals surface area contributed by atoms with Crippen LogP contribution >= 0.6 is 0 Å². The third-order valence-corrected chi connectivity index (χ3v) is 6.23. The van der Waals surface area contributed by atoms with Crippen molar-refractivity contribution in [3.05, 3.63) is 0 Å². The highest BCUT2D eigenvalue weighted by atomic mass is 19.4. The topological polar surface area (TPSA) is 61.4 Å². The minimum atomic E-state index is -4.99. The lowest BCUT2D eigenvalue weighted by Crippen LogP contribution is -2.78. The highest BCUT2D eigenvalue weighted by Gasteiger charge is 2.71. The minimum absolute atomic E-state index is 0.335. The van der Waals surface area contributed by atoms with E-state index >= 15 is 0 Å². The monoisotopic (exact) mass is 331 g/mol. The van der Waals surface area contributed by atoms with Crippen molar-refractivity contribution in [1.82, 2.24) is 15.5 Å². The maximum atomic E-state index is 12.8. The van der Waals surface area contributed by atoms with Gasteiger partial charge < -0.3 is 10.2 Å². The Bertz CT molecular complexity index is 599. The van der Waals surface area contributed by atoms with Gasteiger partial charge in [-0.2, -0.15) is 13.2 Å². The summed E-state index contributed by atoms with van der Waals surface area (Å²) in [5.74, 6) is -2.04. The van der Waals surface area contributed by atoms with E-state index in [1.807, 2.05) is 5.32 Å². The number of hydrogen-bond donors (Lipinski definition) is 2. The molecule has 4 fully saturated rings. The first-order chi connectivity index (χ1) is 10.5. The summed E-state index contributed by atoms with van der Waals surface area (Å²) in [6, 6.07) is -1.21. The van der Waals surface area contributed by atoms with Gasteiger partial charge in [0.2, 0.25) is 5.91 Å². The highest BCUT2D eigenvalue weighted by Crippen LogP contribution is 2.68. The second-order valence-electron chi connectivity index (χ2n) is 8.17. The Morgan fingerprint density at radius 1 is 1.35 bits per heavy atom. The SMILES string of the molecule is CC1(C)N[C@@]23C[C@@H](CN2C(=O)[C@H]1NC(=O)C(F)(F)F)C1(CC1)C3. The molecule has 2 heterocycles. The lowest BCUT2D eigenvalue weighted by atomic mass is 9.83. The molecule has 2 amide bonds. The largest absolute Gasteiger partial charge is 0.471 e. The smallest absolute Gasteiger partial charge is 0.335 e. The summed E-state index contributed by atoms with van der Waals surface area (Å²) in [7, 11) is 0. The van der Waals surface area contributed by atoms with E-state index in [9.17, 15) is 22.8 Å². The number of hydrogen-bond acceptors (Lipinski definition) is 3. The van der Waals surface area contributed by atoms with Gasteiger partial charge in [-0.25, -0.2) is 0 Å². The Morgan fingerprint density at radius 3 is 2.57 bits per heavy atom. The average molecular weight is 331 g/mol. The van der Waals surface area contributed by atoms with Crippen LogP contribution in [0.5, 0.6) is 0 Å². The van der Waals surface area contributed by atoms with Crippen LogP contribution in [-0.2, 0) is 9.59 Å². The van der Waals surface area contributed by atoms with Crippen molar-refractivity contribution in [3.63, 3.8) is 0 Å². The van der Waals surface area contributed by atoms with Crippen LogP contribution in [0, 0.1) is 11.3 Å². The molecule has 3 atom stereocenters. The molecule has 2 saturated heterocycles. The minimum Gasteiger partial charge on any atom is -0.335 e. The fourth-order valence-electron chi connectivity index (χ4n) is 5.08. The first kappa shape index (κ1) is 15.2. The Kier molecular flexibility index (Phi) is 2.66. The van der Waals surface area contributed by atoms with Crippen LogP contribution in [0.2, 0.25) is 0 Å². The van der Waals surface area contributed by atoms with E-state index in [4.69, 9.17) is 0 Å². The number of carbonyl (C=O) groups is 2. The molecule has 0 radical (unpaired) electrons. The standard InChI is InChI=1S/C15H20F3N3O2/c1-12(2)9(19-11(23)15(16,17)18)10(22)21-6-8-5-14(21,20-12)7-13(8)3-4-13/h8-9,20H,3-7H2,1-2H3,(H,19,23)/t8-,9+,14-/m0/s1. The second kappa shape index (κ2) is 4.02. The van der Waals surface area contributed by atoms with Crippen molar-refractivity contribution in [3.8, 4) is 0 Å². The molecular weight excluding hydrogens is 311 g/mol. The molecule has 23 heavy (non-hydrogen) atoms. The van der Waals surface area contributed by atoms with Crippen molar-refractivity contribution in [2.75, 3.05) is 6.54 Å². The fraction of sp³-hybridized carbons (Fsp3) is 0.867. The molecule has 8 heteroatoms. The summed E-state index contributed by atoms with van der Waals surface area (Å²) in [6.45, 7) is 3.95. The van der Waals surface area contributed by atoms with Gasteiger partial charge in [0.25, 0.3) is 0 Å². The lowest BCUT2D eigenvalue weighted by Gasteiger charge is -2.54. The van der Waals surface area contributed by atoms with Gasteiger partial charge in [-0.3, -0.25) is 14.9 Å². The Balaban J connectivity index is 1.61. The van der Waals surface area contributed by atoms with E-state index in [1.54, 1.807) is 18.7 Å². The van der Waals surface area contributed by atoms with Crippen LogP contribution in [0.15, 0.2) is 0 Å². The molecule has 2 saturated carbocycles. The summed E-state index contributed by atoms with van der Waals surface area (Å²) in [5, 5.41) is 5.30. The molecule has 4 rings (SSSR count). The molecule has 0 aromatic rings. The molecule has 0 aromatic carbocycles. The van der Waals surface area contributed by atoms with Gasteiger partial charge in [0.15, 0.2) is 0 Å². The first-order valence-electron chi connectivity index (χ1n) is 7.98. The molecule has 2 bridgehead atoms. The van der Waals surface area contributed by atoms with E-state index < -0.39 is 35.2 Å². The van der Waals surface area contributed by atoms with Gasteiger partial charge in [0.05, 0.1) is 5.66 Å². The summed E-state index contributed by atoms with van der Waals surface area (Å²) in [6.07, 6.45) is -0.898. The van der Waals surface area contributed by atoms with Crippen LogP contribution in [0.3, 0.4) is 0 Å². The second-order valence-corrected chi connectivity index (χ2v) is 8.17. The van der Waals surface area contributed by atoms with Crippen LogP contribution < -0.4 is 10.6 Å². The van der Waals surface area contributed by atoms with Gasteiger partial charge in [-0.15, -0.1) is 0 Å². The van der Waals surface area contributed by atoms with E-state index in [-0.39, 0.29) is 0 Å². The Hall–Kier alpha value is -1.31. The molecule has 0 unspecified atom stereocenters. The predicted octanol–water partition coefficient (Wildman–Crippen LogP) is 1.14. The molecule has 0 aromatic heterocycles. The quantitative estimate of drug-likeness (QED) is 0.758. The summed E-state index contributed by atoms with van der Waals surface area (Å²) in [5.41, 5.74) is -1.03. The van der Waals surface area contributed by atoms with Crippen LogP contribution in [0.4, 0.5) is 13.2 Å². The number of piperidine rings is 1. The van der Waals surface area contributed by atoms with E-state index in [1.165, 1.54) is 12.8 Å². The van der Waals surface area contributed by atoms with Crippen molar-refractivity contribution in [2.24, 2.45) is 11.3 Å². The Morgan fingerprint density at radius 2 is 2.00 bits per heavy atom. The number of carbonyl (C=O) groups excluding carboxylic acids is 2. The first-order valence-corrected chi connectivity index (χ1v) is 7.98. The van der Waals surface area contributed by atoms with Gasteiger partial charge in [0, 0.05) is 12.1 Å². The molecule has 2 aliphatic carbocycles. The molecular formula is C15H20F3N3O2. The maximum absolute atomic E-state index is 12.8. The number of nitrogens with zero attached hydrogens (tertiary/aromatic N) is 1. The van der Waals surface area contributed by atoms with E-state index in [2.05, 4.69) is 5.32 Å². The molecule has 2 N–H and O–H groups in total. The normalized spacial score (nSPS) is 39.5. The van der Waals surface area contributed by atoms with Crippen LogP contribution in [0.25, 0.3) is 0 Å². The van der Waals surface area contributed by atoms with Crippen molar-refractivity contribution in [1.29, 1.82) is 0 Å². The number of amides is 2. The van der Waals surface area contributed by atoms with E-state index in [0.717, 1.165) is 12.8 Å². The molecule has 5 nitrogen and oxygen atoms in total. The van der Waals surface area contributed by atoms with Crippen LogP contribution in [0.1, 0.15) is 39.5 Å². The van der Waals surface area contributed by atoms with E-state index in [0.29, 0.717) is 17.9 Å². The zero-order valence-electron chi connectivity index (χ0n) is 13.1. The van der Waals surface area contributed by atoms with Gasteiger partial charge >= 0.3 is 12.1 Å². The van der Waals surface area contributed by atoms with Gasteiger partial charge in [0.1, 0.15) is 6.04 Å². The predicted molar refractivity (Wildman–Crippen MR) is 74.0 cm³/mol. The summed E-state index contributed by atoms with van der Waals surface area (Å²) in [4.78, 5) is 25.8. The number of fused-ring (bicyclic) bond motifs is 2. The summed E-state index contributed by atoms with van der Waals surface area (Å²) < 4.78 is 37.7. The zero-order valence-corrected chi connectivity index (χ0v) is 13.1. The summed E-state index contributed by atoms with van der Waals surface area (Å²) >= 11 is 0. The molecule has 2 aliphatic heterocycles. The van der Waals surface area contributed by atoms with Crippen molar-refractivity contribution >= 4 is 11.8 Å². The fourth-order valence-corrected chi connectivity index (χ4v) is 5.08. The third-order valence-electron chi connectivity index (χ3n) is 6.23. The highest BCUT2D eigenvalue weighted by molar-refractivity contribution is 5.92. The Labute approximate surface area is 132 Å². The van der Waals surface area contributed by atoms with Gasteiger partial charge in [-0.05, 0) is 50.9 Å². The maximum Gasteiger partial charge on any atom is 0.471 e. The number of alkyl halides is 3. The molecule has 2 spiro atoms. The molecule has 4 aliphatic rings. The number of rotatable bonds is 1. The average Bonchev–Trinajstić information content (AvgIpc) is 2.95.